The largest absolute Gasteiger partial charge is 0.497 e. The fourth-order valence-corrected chi connectivity index (χ4v) is 5.64. The Hall–Kier alpha value is -4.04. The Morgan fingerprint density at radius 3 is 2.34 bits per heavy atom. The van der Waals surface area contributed by atoms with Crippen LogP contribution in [0.15, 0.2) is 72.9 Å². The number of aryl methyl sites for hydroxylation is 1. The van der Waals surface area contributed by atoms with Crippen molar-refractivity contribution in [1.82, 2.24) is 14.9 Å². The number of methoxy groups -OCH3 is 2. The van der Waals surface area contributed by atoms with E-state index in [-0.39, 0.29) is 12.1 Å². The molecular formula is C30H33N5O2S. The van der Waals surface area contributed by atoms with E-state index in [1.54, 1.807) is 14.2 Å². The van der Waals surface area contributed by atoms with Crippen molar-refractivity contribution >= 4 is 28.7 Å². The lowest BCUT2D eigenvalue weighted by Crippen LogP contribution is -2.30. The summed E-state index contributed by atoms with van der Waals surface area (Å²) in [6, 6.07) is 22.4. The number of rotatable bonds is 7. The zero-order chi connectivity index (χ0) is 27.0. The Morgan fingerprint density at radius 1 is 0.947 bits per heavy atom. The van der Waals surface area contributed by atoms with E-state index in [1.807, 2.05) is 42.6 Å². The number of benzene rings is 2. The lowest BCUT2D eigenvalue weighted by Gasteiger charge is -2.29. The summed E-state index contributed by atoms with van der Waals surface area (Å²) in [5.41, 5.74) is 7.54. The number of anilines is 2. The minimum atomic E-state index is -0.152. The fraction of sp³-hybridized carbons (Fsp3) is 0.267. The molecule has 0 spiro atoms. The lowest BCUT2D eigenvalue weighted by atomic mass is 9.96. The summed E-state index contributed by atoms with van der Waals surface area (Å²) in [6.07, 6.45) is 1.82. The predicted molar refractivity (Wildman–Crippen MR) is 157 cm³/mol. The summed E-state index contributed by atoms with van der Waals surface area (Å²) in [4.78, 5) is 8.95. The molecule has 8 heteroatoms. The second kappa shape index (κ2) is 10.4. The summed E-state index contributed by atoms with van der Waals surface area (Å²) in [7, 11) is 7.42. The maximum atomic E-state index is 5.95. The highest BCUT2D eigenvalue weighted by molar-refractivity contribution is 7.80. The first kappa shape index (κ1) is 25.6. The van der Waals surface area contributed by atoms with Gasteiger partial charge in [0.05, 0.1) is 37.7 Å². The predicted octanol–water partition coefficient (Wildman–Crippen LogP) is 5.75. The van der Waals surface area contributed by atoms with E-state index in [0.717, 1.165) is 39.9 Å². The van der Waals surface area contributed by atoms with Crippen LogP contribution < -0.4 is 24.6 Å². The van der Waals surface area contributed by atoms with Gasteiger partial charge in [0.25, 0.3) is 0 Å². The van der Waals surface area contributed by atoms with Crippen LogP contribution in [0.4, 0.5) is 11.4 Å². The standard InChI is InChI=1S/C30H33N5O2S/c1-19-17-24(20(2)34(19)22-12-10-21(11-13-22)33(3)4)29-28(25-9-7-8-16-31-25)32-30(38)35(29)26-15-14-23(36-5)18-27(26)37-6/h7-18,28-29H,1-6H3,(H,32,38)/t28-,29+/m1/s1. The van der Waals surface area contributed by atoms with Gasteiger partial charge in [-0.3, -0.25) is 4.98 Å². The fourth-order valence-electron chi connectivity index (χ4n) is 5.30. The average Bonchev–Trinajstić information content (AvgIpc) is 3.43. The molecule has 1 saturated heterocycles. The number of thiocarbonyl (C=S) groups is 1. The Balaban J connectivity index is 1.67. The van der Waals surface area contributed by atoms with Crippen molar-refractivity contribution in [2.75, 3.05) is 38.1 Å². The smallest absolute Gasteiger partial charge is 0.174 e. The van der Waals surface area contributed by atoms with Crippen LogP contribution in [-0.4, -0.2) is 43.0 Å². The summed E-state index contributed by atoms with van der Waals surface area (Å²) < 4.78 is 13.5. The van der Waals surface area contributed by atoms with Crippen LogP contribution in [0.2, 0.25) is 0 Å². The summed E-state index contributed by atoms with van der Waals surface area (Å²) in [6.45, 7) is 4.31. The molecule has 5 rings (SSSR count). The maximum Gasteiger partial charge on any atom is 0.174 e. The SMILES string of the molecule is COc1ccc(N2C(=S)N[C@H](c3ccccn3)[C@@H]2c2cc(C)n(-c3ccc(N(C)C)cc3)c2C)c(OC)c1. The van der Waals surface area contributed by atoms with Gasteiger partial charge in [-0.2, -0.15) is 0 Å². The normalized spacial score (nSPS) is 16.9. The minimum absolute atomic E-state index is 0.152. The molecule has 7 nitrogen and oxygen atoms in total. The molecule has 0 bridgehead atoms. The zero-order valence-corrected chi connectivity index (χ0v) is 23.4. The Labute approximate surface area is 229 Å². The van der Waals surface area contributed by atoms with Gasteiger partial charge in [0.1, 0.15) is 11.5 Å². The highest BCUT2D eigenvalue weighted by atomic mass is 32.1. The molecule has 1 aliphatic heterocycles. The van der Waals surface area contributed by atoms with Gasteiger partial charge in [0, 0.05) is 49.1 Å². The van der Waals surface area contributed by atoms with E-state index in [2.05, 4.69) is 78.0 Å². The van der Waals surface area contributed by atoms with E-state index in [9.17, 15) is 0 Å². The monoisotopic (exact) mass is 527 g/mol. The van der Waals surface area contributed by atoms with E-state index < -0.39 is 0 Å². The van der Waals surface area contributed by atoms with Gasteiger partial charge in [0.15, 0.2) is 5.11 Å². The molecule has 3 heterocycles. The number of ether oxygens (including phenoxy) is 2. The van der Waals surface area contributed by atoms with Gasteiger partial charge in [0.2, 0.25) is 0 Å². The van der Waals surface area contributed by atoms with Gasteiger partial charge in [-0.15, -0.1) is 0 Å². The van der Waals surface area contributed by atoms with Crippen LogP contribution in [0.25, 0.3) is 5.69 Å². The number of hydrogen-bond acceptors (Lipinski definition) is 5. The number of nitrogens with one attached hydrogen (secondary N) is 1. The number of pyridine rings is 1. The first-order chi connectivity index (χ1) is 18.3. The molecule has 0 saturated carbocycles. The van der Waals surface area contributed by atoms with Gasteiger partial charge in [-0.05, 0) is 86.2 Å². The summed E-state index contributed by atoms with van der Waals surface area (Å²) in [5, 5.41) is 4.18. The average molecular weight is 528 g/mol. The van der Waals surface area contributed by atoms with Crippen LogP contribution >= 0.6 is 12.2 Å². The molecule has 2 aromatic heterocycles. The molecule has 1 aliphatic rings. The third-order valence-electron chi connectivity index (χ3n) is 7.16. The first-order valence-corrected chi connectivity index (χ1v) is 12.9. The molecule has 38 heavy (non-hydrogen) atoms. The second-order valence-corrected chi connectivity index (χ2v) is 9.99. The van der Waals surface area contributed by atoms with Crippen molar-refractivity contribution in [3.05, 3.63) is 95.6 Å². The molecule has 0 amide bonds. The van der Waals surface area contributed by atoms with Crippen LogP contribution in [-0.2, 0) is 0 Å². The van der Waals surface area contributed by atoms with Crippen molar-refractivity contribution in [3.8, 4) is 17.2 Å². The van der Waals surface area contributed by atoms with Crippen LogP contribution in [0, 0.1) is 13.8 Å². The third kappa shape index (κ3) is 4.45. The highest BCUT2D eigenvalue weighted by Crippen LogP contribution is 2.46. The van der Waals surface area contributed by atoms with Gasteiger partial charge >= 0.3 is 0 Å². The van der Waals surface area contributed by atoms with Crippen molar-refractivity contribution < 1.29 is 9.47 Å². The van der Waals surface area contributed by atoms with Crippen molar-refractivity contribution in [1.29, 1.82) is 0 Å². The van der Waals surface area contributed by atoms with Crippen LogP contribution in [0.1, 0.15) is 34.7 Å². The molecule has 4 aromatic rings. The molecule has 0 unspecified atom stereocenters. The molecule has 2 aromatic carbocycles. The molecule has 0 aliphatic carbocycles. The lowest BCUT2D eigenvalue weighted by molar-refractivity contribution is 0.394. The Morgan fingerprint density at radius 2 is 1.71 bits per heavy atom. The molecule has 1 fully saturated rings. The number of aromatic nitrogens is 2. The number of hydrogen-bond donors (Lipinski definition) is 1. The van der Waals surface area contributed by atoms with Crippen LogP contribution in [0.3, 0.4) is 0 Å². The van der Waals surface area contributed by atoms with E-state index in [4.69, 9.17) is 26.7 Å². The number of nitrogens with zero attached hydrogens (tertiary/aromatic N) is 4. The molecule has 196 valence electrons. The topological polar surface area (TPSA) is 54.8 Å². The van der Waals surface area contributed by atoms with Gasteiger partial charge in [-0.1, -0.05) is 6.07 Å². The quantitative estimate of drug-likeness (QED) is 0.307. The molecule has 2 atom stereocenters. The second-order valence-electron chi connectivity index (χ2n) is 9.61. The van der Waals surface area contributed by atoms with E-state index in [0.29, 0.717) is 10.9 Å². The first-order valence-electron chi connectivity index (χ1n) is 12.5. The molecule has 0 radical (unpaired) electrons. The molecule has 1 N–H and O–H groups in total. The Kier molecular flexibility index (Phi) is 6.99. The van der Waals surface area contributed by atoms with Crippen LogP contribution in [0.5, 0.6) is 11.5 Å². The van der Waals surface area contributed by atoms with Crippen molar-refractivity contribution in [2.45, 2.75) is 25.9 Å². The van der Waals surface area contributed by atoms with E-state index in [1.165, 1.54) is 5.56 Å². The summed E-state index contributed by atoms with van der Waals surface area (Å²) in [5.74, 6) is 1.41. The maximum absolute atomic E-state index is 5.95. The van der Waals surface area contributed by atoms with Gasteiger partial charge < -0.3 is 29.2 Å². The van der Waals surface area contributed by atoms with Crippen molar-refractivity contribution in [2.24, 2.45) is 0 Å². The van der Waals surface area contributed by atoms with Gasteiger partial charge in [-0.25, -0.2) is 0 Å². The third-order valence-corrected chi connectivity index (χ3v) is 7.47. The summed E-state index contributed by atoms with van der Waals surface area (Å²) >= 11 is 5.95. The minimum Gasteiger partial charge on any atom is -0.497 e. The van der Waals surface area contributed by atoms with E-state index >= 15 is 0 Å². The zero-order valence-electron chi connectivity index (χ0n) is 22.6. The highest BCUT2D eigenvalue weighted by Gasteiger charge is 2.43. The molecular weight excluding hydrogens is 494 g/mol. The van der Waals surface area contributed by atoms with Crippen molar-refractivity contribution in [3.63, 3.8) is 0 Å². The Bertz CT molecular complexity index is 1450.